The molecule has 0 aromatic heterocycles. The lowest BCUT2D eigenvalue weighted by atomic mass is 10.0. The molecule has 1 N–H and O–H groups in total. The number of hydrogen-bond acceptors (Lipinski definition) is 2. The van der Waals surface area contributed by atoms with Crippen LogP contribution in [0.15, 0.2) is 0 Å². The highest BCUT2D eigenvalue weighted by molar-refractivity contribution is 4.87. The molecule has 2 unspecified atom stereocenters. The summed E-state index contributed by atoms with van der Waals surface area (Å²) < 4.78 is 0. The summed E-state index contributed by atoms with van der Waals surface area (Å²) in [6.07, 6.45) is 4.95. The molecule has 0 bridgehead atoms. The maximum absolute atomic E-state index is 9.49. The predicted molar refractivity (Wildman–Crippen MR) is 49.0 cm³/mol. The molecule has 2 heteroatoms. The molecule has 1 aliphatic carbocycles. The van der Waals surface area contributed by atoms with Crippen molar-refractivity contribution >= 4 is 0 Å². The largest absolute Gasteiger partial charge is 0.392 e. The van der Waals surface area contributed by atoms with Crippen LogP contribution in [-0.4, -0.2) is 35.2 Å². The van der Waals surface area contributed by atoms with Gasteiger partial charge in [0.2, 0.25) is 0 Å². The van der Waals surface area contributed by atoms with E-state index in [2.05, 4.69) is 11.8 Å². The lowest BCUT2D eigenvalue weighted by molar-refractivity contribution is 0.0453. The predicted octanol–water partition coefficient (Wildman–Crippen LogP) is 1.24. The number of hydrogen-bond donors (Lipinski definition) is 1. The first-order chi connectivity index (χ1) is 5.77. The van der Waals surface area contributed by atoms with Crippen molar-refractivity contribution < 1.29 is 5.11 Å². The Bertz CT molecular complexity index is 156. The van der Waals surface area contributed by atoms with Crippen molar-refractivity contribution in [3.8, 4) is 0 Å². The highest BCUT2D eigenvalue weighted by atomic mass is 16.3. The standard InChI is InChI=1S/C10H19NO/c1-8(9-4-5-9)11-6-2-3-10(12)7-11/h8-10,12H,2-7H2,1H3. The van der Waals surface area contributed by atoms with Gasteiger partial charge in [0.05, 0.1) is 6.10 Å². The van der Waals surface area contributed by atoms with Gasteiger partial charge in [-0.15, -0.1) is 0 Å². The molecule has 2 aliphatic rings. The average Bonchev–Trinajstić information content (AvgIpc) is 2.85. The third kappa shape index (κ3) is 1.80. The van der Waals surface area contributed by atoms with Crippen LogP contribution in [-0.2, 0) is 0 Å². The van der Waals surface area contributed by atoms with Crippen molar-refractivity contribution in [2.24, 2.45) is 5.92 Å². The zero-order valence-electron chi connectivity index (χ0n) is 7.87. The molecule has 2 fully saturated rings. The van der Waals surface area contributed by atoms with E-state index < -0.39 is 0 Å². The third-order valence-corrected chi connectivity index (χ3v) is 3.31. The van der Waals surface area contributed by atoms with Crippen LogP contribution in [0.3, 0.4) is 0 Å². The van der Waals surface area contributed by atoms with Crippen molar-refractivity contribution in [1.82, 2.24) is 4.90 Å². The van der Waals surface area contributed by atoms with E-state index in [9.17, 15) is 5.11 Å². The summed E-state index contributed by atoms with van der Waals surface area (Å²) in [5.41, 5.74) is 0. The molecule has 70 valence electrons. The summed E-state index contributed by atoms with van der Waals surface area (Å²) >= 11 is 0. The monoisotopic (exact) mass is 169 g/mol. The molecule has 0 radical (unpaired) electrons. The molecular formula is C10H19NO. The van der Waals surface area contributed by atoms with Crippen molar-refractivity contribution in [1.29, 1.82) is 0 Å². The molecule has 2 rings (SSSR count). The minimum atomic E-state index is -0.0556. The average molecular weight is 169 g/mol. The van der Waals surface area contributed by atoms with Crippen molar-refractivity contribution in [2.45, 2.75) is 44.8 Å². The fourth-order valence-corrected chi connectivity index (χ4v) is 2.23. The lowest BCUT2D eigenvalue weighted by Gasteiger charge is -2.34. The number of likely N-dealkylation sites (tertiary alicyclic amines) is 1. The molecule has 0 aromatic carbocycles. The Hall–Kier alpha value is -0.0800. The van der Waals surface area contributed by atoms with E-state index in [1.165, 1.54) is 25.8 Å². The van der Waals surface area contributed by atoms with Gasteiger partial charge in [-0.1, -0.05) is 0 Å². The molecule has 2 nitrogen and oxygen atoms in total. The molecular weight excluding hydrogens is 150 g/mol. The zero-order valence-corrected chi connectivity index (χ0v) is 7.87. The van der Waals surface area contributed by atoms with E-state index in [1.807, 2.05) is 0 Å². The van der Waals surface area contributed by atoms with Crippen LogP contribution in [0.25, 0.3) is 0 Å². The molecule has 1 saturated heterocycles. The zero-order chi connectivity index (χ0) is 8.55. The molecule has 1 saturated carbocycles. The summed E-state index contributed by atoms with van der Waals surface area (Å²) in [7, 11) is 0. The van der Waals surface area contributed by atoms with Gasteiger partial charge in [-0.05, 0) is 45.1 Å². The Morgan fingerprint density at radius 3 is 2.67 bits per heavy atom. The van der Waals surface area contributed by atoms with Crippen LogP contribution in [0.1, 0.15) is 32.6 Å². The van der Waals surface area contributed by atoms with E-state index in [4.69, 9.17) is 0 Å². The Morgan fingerprint density at radius 2 is 2.08 bits per heavy atom. The SMILES string of the molecule is CC(C1CC1)N1CCCC(O)C1. The van der Waals surface area contributed by atoms with Crippen LogP contribution in [0.4, 0.5) is 0 Å². The topological polar surface area (TPSA) is 23.5 Å². The summed E-state index contributed by atoms with van der Waals surface area (Å²) in [6.45, 7) is 4.43. The van der Waals surface area contributed by atoms with Gasteiger partial charge in [0.15, 0.2) is 0 Å². The van der Waals surface area contributed by atoms with Crippen LogP contribution >= 0.6 is 0 Å². The van der Waals surface area contributed by atoms with Gasteiger partial charge in [0.25, 0.3) is 0 Å². The smallest absolute Gasteiger partial charge is 0.0667 e. The Labute approximate surface area is 74.6 Å². The van der Waals surface area contributed by atoms with Crippen LogP contribution in [0.2, 0.25) is 0 Å². The van der Waals surface area contributed by atoms with E-state index >= 15 is 0 Å². The van der Waals surface area contributed by atoms with Gasteiger partial charge in [0, 0.05) is 12.6 Å². The first kappa shape index (κ1) is 8.52. The molecule has 1 aliphatic heterocycles. The van der Waals surface area contributed by atoms with E-state index in [0.29, 0.717) is 0 Å². The number of rotatable bonds is 2. The quantitative estimate of drug-likeness (QED) is 0.672. The fraction of sp³-hybridized carbons (Fsp3) is 1.00. The van der Waals surface area contributed by atoms with Crippen LogP contribution in [0, 0.1) is 5.92 Å². The van der Waals surface area contributed by atoms with Crippen molar-refractivity contribution in [2.75, 3.05) is 13.1 Å². The molecule has 1 heterocycles. The van der Waals surface area contributed by atoms with E-state index in [0.717, 1.165) is 24.9 Å². The Kier molecular flexibility index (Phi) is 2.37. The maximum atomic E-state index is 9.49. The second-order valence-electron chi connectivity index (χ2n) is 4.37. The fourth-order valence-electron chi connectivity index (χ4n) is 2.23. The summed E-state index contributed by atoms with van der Waals surface area (Å²) in [5, 5.41) is 9.49. The number of aliphatic hydroxyl groups excluding tert-OH is 1. The van der Waals surface area contributed by atoms with Gasteiger partial charge in [-0.25, -0.2) is 0 Å². The molecule has 0 aromatic rings. The second-order valence-corrected chi connectivity index (χ2v) is 4.37. The highest BCUT2D eigenvalue weighted by Gasteiger charge is 2.33. The van der Waals surface area contributed by atoms with E-state index in [-0.39, 0.29) is 6.10 Å². The van der Waals surface area contributed by atoms with Crippen molar-refractivity contribution in [3.63, 3.8) is 0 Å². The van der Waals surface area contributed by atoms with Gasteiger partial charge >= 0.3 is 0 Å². The molecule has 2 atom stereocenters. The van der Waals surface area contributed by atoms with Crippen molar-refractivity contribution in [3.05, 3.63) is 0 Å². The summed E-state index contributed by atoms with van der Waals surface area (Å²) in [4.78, 5) is 2.46. The number of piperidine rings is 1. The van der Waals surface area contributed by atoms with Crippen LogP contribution in [0.5, 0.6) is 0 Å². The van der Waals surface area contributed by atoms with Crippen LogP contribution < -0.4 is 0 Å². The summed E-state index contributed by atoms with van der Waals surface area (Å²) in [6, 6.07) is 0.722. The minimum absolute atomic E-state index is 0.0556. The maximum Gasteiger partial charge on any atom is 0.0667 e. The van der Waals surface area contributed by atoms with Gasteiger partial charge in [-0.3, -0.25) is 4.90 Å². The number of β-amino-alcohol motifs (C(OH)–C–C–N with tert-alkyl or cyclic N) is 1. The molecule has 12 heavy (non-hydrogen) atoms. The highest BCUT2D eigenvalue weighted by Crippen LogP contribution is 2.35. The molecule has 0 amide bonds. The minimum Gasteiger partial charge on any atom is -0.392 e. The summed E-state index contributed by atoms with van der Waals surface area (Å²) in [5.74, 6) is 0.940. The van der Waals surface area contributed by atoms with Gasteiger partial charge in [0.1, 0.15) is 0 Å². The Morgan fingerprint density at radius 1 is 1.33 bits per heavy atom. The van der Waals surface area contributed by atoms with Gasteiger partial charge in [-0.2, -0.15) is 0 Å². The Balaban J connectivity index is 1.84. The number of nitrogens with zero attached hydrogens (tertiary/aromatic N) is 1. The second kappa shape index (κ2) is 3.35. The first-order valence-electron chi connectivity index (χ1n) is 5.19. The third-order valence-electron chi connectivity index (χ3n) is 3.31. The first-order valence-corrected chi connectivity index (χ1v) is 5.19. The lowest BCUT2D eigenvalue weighted by Crippen LogP contribution is -2.44. The normalized spacial score (nSPS) is 35.0. The van der Waals surface area contributed by atoms with E-state index in [1.54, 1.807) is 0 Å². The number of aliphatic hydroxyl groups is 1. The van der Waals surface area contributed by atoms with Gasteiger partial charge < -0.3 is 5.11 Å². The molecule has 0 spiro atoms.